The Kier molecular flexibility index (Phi) is 3.03. The number of hydrogen-bond acceptors (Lipinski definition) is 2. The molecule has 0 radical (unpaired) electrons. The Hall–Kier alpha value is -0.890. The van der Waals surface area contributed by atoms with Crippen LogP contribution in [0.4, 0.5) is 0 Å². The van der Waals surface area contributed by atoms with E-state index >= 15 is 0 Å². The SMILES string of the molecule is C/C1=C/CC[C@]2(C)O[C@H]2CC(C)(C)/C=C/C1=O. The largest absolute Gasteiger partial charge is 0.366 e. The second-order valence-corrected chi connectivity index (χ2v) is 6.24. The van der Waals surface area contributed by atoms with Crippen LogP contribution in [0, 0.1) is 5.41 Å². The normalized spacial score (nSPS) is 41.8. The highest BCUT2D eigenvalue weighted by molar-refractivity contribution is 6.03. The van der Waals surface area contributed by atoms with Gasteiger partial charge in [0.2, 0.25) is 0 Å². The number of fused-ring (bicyclic) bond motifs is 1. The minimum Gasteiger partial charge on any atom is -0.366 e. The molecule has 17 heavy (non-hydrogen) atoms. The lowest BCUT2D eigenvalue weighted by molar-refractivity contribution is -0.111. The van der Waals surface area contributed by atoms with Gasteiger partial charge in [-0.1, -0.05) is 26.0 Å². The van der Waals surface area contributed by atoms with Crippen molar-refractivity contribution in [3.8, 4) is 0 Å². The Balaban J connectivity index is 2.21. The minimum atomic E-state index is 0.0305. The summed E-state index contributed by atoms with van der Waals surface area (Å²) in [5.74, 6) is 0.139. The second-order valence-electron chi connectivity index (χ2n) is 6.24. The average molecular weight is 234 g/mol. The molecule has 0 saturated carbocycles. The molecule has 0 aromatic carbocycles. The Morgan fingerprint density at radius 3 is 2.76 bits per heavy atom. The lowest BCUT2D eigenvalue weighted by atomic mass is 9.84. The number of rotatable bonds is 0. The molecule has 0 unspecified atom stereocenters. The smallest absolute Gasteiger partial charge is 0.180 e. The van der Waals surface area contributed by atoms with Crippen LogP contribution in [-0.4, -0.2) is 17.5 Å². The van der Waals surface area contributed by atoms with E-state index in [0.29, 0.717) is 6.10 Å². The van der Waals surface area contributed by atoms with Crippen molar-refractivity contribution in [1.82, 2.24) is 0 Å². The third-order valence-corrected chi connectivity index (χ3v) is 3.91. The van der Waals surface area contributed by atoms with Crippen LogP contribution in [0.5, 0.6) is 0 Å². The number of hydrogen-bond donors (Lipinski definition) is 0. The highest BCUT2D eigenvalue weighted by Gasteiger charge is 2.52. The first-order chi connectivity index (χ1) is 7.82. The lowest BCUT2D eigenvalue weighted by Gasteiger charge is -2.19. The fraction of sp³-hybridized carbons (Fsp3) is 0.667. The molecule has 1 fully saturated rings. The van der Waals surface area contributed by atoms with Crippen molar-refractivity contribution in [2.45, 2.75) is 58.7 Å². The van der Waals surface area contributed by atoms with E-state index in [1.807, 2.05) is 19.1 Å². The number of ether oxygens (including phenoxy) is 1. The molecule has 2 atom stereocenters. The molecular formula is C15H22O2. The molecule has 2 nitrogen and oxygen atoms in total. The standard InChI is InChI=1S/C15H22O2/c1-11-6-5-8-15(4)13(17-15)10-14(2,3)9-7-12(11)16/h6-7,9,13H,5,8,10H2,1-4H3/b9-7+,11-6-/t13-,15-/m0/s1. The van der Waals surface area contributed by atoms with E-state index in [1.165, 1.54) is 0 Å². The molecule has 0 spiro atoms. The van der Waals surface area contributed by atoms with E-state index < -0.39 is 0 Å². The second kappa shape index (κ2) is 4.09. The summed E-state index contributed by atoms with van der Waals surface area (Å²) < 4.78 is 5.83. The fourth-order valence-corrected chi connectivity index (χ4v) is 2.42. The van der Waals surface area contributed by atoms with Gasteiger partial charge < -0.3 is 4.74 Å². The molecule has 1 saturated heterocycles. The molecule has 0 N–H and O–H groups in total. The summed E-state index contributed by atoms with van der Waals surface area (Å²) in [5.41, 5.74) is 0.914. The van der Waals surface area contributed by atoms with Crippen LogP contribution in [0.3, 0.4) is 0 Å². The number of ketones is 1. The van der Waals surface area contributed by atoms with Crippen LogP contribution in [0.25, 0.3) is 0 Å². The van der Waals surface area contributed by atoms with E-state index in [4.69, 9.17) is 4.74 Å². The van der Waals surface area contributed by atoms with Gasteiger partial charge in [0.1, 0.15) is 0 Å². The van der Waals surface area contributed by atoms with Crippen LogP contribution in [0.2, 0.25) is 0 Å². The molecule has 2 rings (SSSR count). The zero-order valence-corrected chi connectivity index (χ0v) is 11.2. The highest BCUT2D eigenvalue weighted by atomic mass is 16.6. The first-order valence-electron chi connectivity index (χ1n) is 6.41. The zero-order valence-electron chi connectivity index (χ0n) is 11.2. The van der Waals surface area contributed by atoms with E-state index in [9.17, 15) is 4.79 Å². The average Bonchev–Trinajstić information content (AvgIpc) is 2.83. The molecule has 1 aliphatic carbocycles. The summed E-state index contributed by atoms with van der Waals surface area (Å²) in [4.78, 5) is 11.8. The molecule has 0 aromatic heterocycles. The summed E-state index contributed by atoms with van der Waals surface area (Å²) in [6, 6.07) is 0. The van der Waals surface area contributed by atoms with Crippen LogP contribution in [0.15, 0.2) is 23.8 Å². The van der Waals surface area contributed by atoms with Gasteiger partial charge >= 0.3 is 0 Å². The van der Waals surface area contributed by atoms with E-state index in [2.05, 4.69) is 20.8 Å². The number of carbonyl (C=O) groups is 1. The maximum atomic E-state index is 11.8. The third-order valence-electron chi connectivity index (χ3n) is 3.91. The monoisotopic (exact) mass is 234 g/mol. The van der Waals surface area contributed by atoms with Gasteiger partial charge in [-0.15, -0.1) is 0 Å². The van der Waals surface area contributed by atoms with E-state index in [1.54, 1.807) is 6.08 Å². The molecule has 0 amide bonds. The first-order valence-corrected chi connectivity index (χ1v) is 6.41. The van der Waals surface area contributed by atoms with Gasteiger partial charge in [0, 0.05) is 0 Å². The highest BCUT2D eigenvalue weighted by Crippen LogP contribution is 2.46. The predicted octanol–water partition coefficient (Wildman–Crippen LogP) is 3.43. The number of epoxide rings is 1. The van der Waals surface area contributed by atoms with Crippen LogP contribution < -0.4 is 0 Å². The molecular weight excluding hydrogens is 212 g/mol. The third kappa shape index (κ3) is 2.86. The molecule has 0 aromatic rings. The maximum Gasteiger partial charge on any atom is 0.180 e. The van der Waals surface area contributed by atoms with Crippen molar-refractivity contribution in [2.75, 3.05) is 0 Å². The van der Waals surface area contributed by atoms with Crippen molar-refractivity contribution in [1.29, 1.82) is 0 Å². The van der Waals surface area contributed by atoms with Gasteiger partial charge in [0.25, 0.3) is 0 Å². The van der Waals surface area contributed by atoms with Crippen molar-refractivity contribution >= 4 is 5.78 Å². The van der Waals surface area contributed by atoms with E-state index in [-0.39, 0.29) is 16.8 Å². The van der Waals surface area contributed by atoms with Crippen molar-refractivity contribution < 1.29 is 9.53 Å². The minimum absolute atomic E-state index is 0.0305. The van der Waals surface area contributed by atoms with E-state index in [0.717, 1.165) is 24.8 Å². The van der Waals surface area contributed by atoms with Crippen molar-refractivity contribution in [2.24, 2.45) is 5.41 Å². The van der Waals surface area contributed by atoms with Gasteiger partial charge in [0.15, 0.2) is 5.78 Å². The Morgan fingerprint density at radius 1 is 1.35 bits per heavy atom. The van der Waals surface area contributed by atoms with Crippen molar-refractivity contribution in [3.63, 3.8) is 0 Å². The van der Waals surface area contributed by atoms with Gasteiger partial charge in [-0.3, -0.25) is 4.79 Å². The van der Waals surface area contributed by atoms with Gasteiger partial charge in [-0.25, -0.2) is 0 Å². The van der Waals surface area contributed by atoms with Crippen molar-refractivity contribution in [3.05, 3.63) is 23.8 Å². The fourth-order valence-electron chi connectivity index (χ4n) is 2.42. The molecule has 0 bridgehead atoms. The summed E-state index contributed by atoms with van der Waals surface area (Å²) in [6.07, 6.45) is 9.07. The number of allylic oxidation sites excluding steroid dienone is 4. The van der Waals surface area contributed by atoms with Gasteiger partial charge in [-0.2, -0.15) is 0 Å². The topological polar surface area (TPSA) is 29.6 Å². The Bertz CT molecular complexity index is 390. The summed E-state index contributed by atoms with van der Waals surface area (Å²) in [6.45, 7) is 8.40. The lowest BCUT2D eigenvalue weighted by Crippen LogP contribution is -2.17. The maximum absolute atomic E-state index is 11.8. The molecule has 2 aliphatic rings. The van der Waals surface area contributed by atoms with Gasteiger partial charge in [-0.05, 0) is 50.2 Å². The Labute approximate surface area is 104 Å². The van der Waals surface area contributed by atoms with Crippen LogP contribution in [0.1, 0.15) is 47.0 Å². The predicted molar refractivity (Wildman–Crippen MR) is 68.8 cm³/mol. The first kappa shape index (κ1) is 12.6. The number of carbonyl (C=O) groups excluding carboxylic acids is 1. The molecule has 1 aliphatic heterocycles. The summed E-state index contributed by atoms with van der Waals surface area (Å²) in [7, 11) is 0. The Morgan fingerprint density at radius 2 is 2.06 bits per heavy atom. The zero-order chi connectivity index (χ0) is 12.7. The van der Waals surface area contributed by atoms with Crippen LogP contribution >= 0.6 is 0 Å². The summed E-state index contributed by atoms with van der Waals surface area (Å²) >= 11 is 0. The molecule has 94 valence electrons. The molecule has 1 heterocycles. The van der Waals surface area contributed by atoms with Crippen LogP contribution in [-0.2, 0) is 9.53 Å². The quantitative estimate of drug-likeness (QED) is 0.601. The molecule has 2 heteroatoms. The van der Waals surface area contributed by atoms with Gasteiger partial charge in [0.05, 0.1) is 11.7 Å². The summed E-state index contributed by atoms with van der Waals surface area (Å²) in [5, 5.41) is 0.